The maximum absolute atomic E-state index is 11.4. The zero-order valence-corrected chi connectivity index (χ0v) is 11.6. The smallest absolute Gasteiger partial charge is 0.150 e. The molecule has 100 valence electrons. The Bertz CT molecular complexity index is 456. The number of nitrogens with one attached hydrogen (secondary N) is 1. The number of benzene rings is 1. The van der Waals surface area contributed by atoms with Gasteiger partial charge in [0.15, 0.2) is 0 Å². The van der Waals surface area contributed by atoms with Gasteiger partial charge in [0.05, 0.1) is 11.5 Å². The molecule has 0 bridgehead atoms. The van der Waals surface area contributed by atoms with E-state index in [2.05, 4.69) is 24.4 Å². The summed E-state index contributed by atoms with van der Waals surface area (Å²) in [4.78, 5) is 0. The Morgan fingerprint density at radius 1 is 1.22 bits per heavy atom. The van der Waals surface area contributed by atoms with E-state index < -0.39 is 9.84 Å². The highest BCUT2D eigenvalue weighted by Gasteiger charge is 2.25. The van der Waals surface area contributed by atoms with E-state index in [-0.39, 0.29) is 0 Å². The van der Waals surface area contributed by atoms with E-state index in [1.165, 1.54) is 5.56 Å². The van der Waals surface area contributed by atoms with Gasteiger partial charge in [-0.25, -0.2) is 8.42 Å². The van der Waals surface area contributed by atoms with Crippen LogP contribution in [0.25, 0.3) is 0 Å². The van der Waals surface area contributed by atoms with Crippen molar-refractivity contribution in [1.82, 2.24) is 5.32 Å². The van der Waals surface area contributed by atoms with Gasteiger partial charge >= 0.3 is 0 Å². The minimum absolute atomic E-state index is 0.329. The zero-order chi connectivity index (χ0) is 13.0. The fourth-order valence-corrected chi connectivity index (χ4v) is 3.97. The molecule has 2 rings (SSSR count). The topological polar surface area (TPSA) is 46.2 Å². The van der Waals surface area contributed by atoms with E-state index in [0.717, 1.165) is 19.3 Å². The normalized spacial score (nSPS) is 21.6. The lowest BCUT2D eigenvalue weighted by atomic mass is 10.0. The summed E-state index contributed by atoms with van der Waals surface area (Å²) < 4.78 is 22.8. The number of hydrogen-bond donors (Lipinski definition) is 1. The molecule has 0 aromatic heterocycles. The average Bonchev–Trinajstić information content (AvgIpc) is 2.39. The molecule has 18 heavy (non-hydrogen) atoms. The molecule has 0 aliphatic carbocycles. The lowest BCUT2D eigenvalue weighted by molar-refractivity contribution is 0.398. The largest absolute Gasteiger partial charge is 0.307 e. The van der Waals surface area contributed by atoms with E-state index in [0.29, 0.717) is 23.6 Å². The third-order valence-corrected chi connectivity index (χ3v) is 5.32. The van der Waals surface area contributed by atoms with Gasteiger partial charge in [0.1, 0.15) is 9.84 Å². The first-order valence-corrected chi connectivity index (χ1v) is 8.44. The minimum atomic E-state index is -2.76. The van der Waals surface area contributed by atoms with Gasteiger partial charge in [-0.1, -0.05) is 37.3 Å². The van der Waals surface area contributed by atoms with Crippen LogP contribution in [-0.2, 0) is 9.84 Å². The molecule has 3 nitrogen and oxygen atoms in total. The number of hydrogen-bond acceptors (Lipinski definition) is 3. The maximum Gasteiger partial charge on any atom is 0.150 e. The summed E-state index contributed by atoms with van der Waals surface area (Å²) in [7, 11) is -2.76. The molecular weight excluding hydrogens is 246 g/mol. The predicted molar refractivity (Wildman–Crippen MR) is 74.3 cm³/mol. The second-order valence-corrected chi connectivity index (χ2v) is 7.27. The van der Waals surface area contributed by atoms with Crippen LogP contribution >= 0.6 is 0 Å². The van der Waals surface area contributed by atoms with Crippen LogP contribution in [0, 0.1) is 0 Å². The molecule has 1 unspecified atom stereocenters. The quantitative estimate of drug-likeness (QED) is 0.910. The van der Waals surface area contributed by atoms with Crippen LogP contribution in [0.4, 0.5) is 0 Å². The summed E-state index contributed by atoms with van der Waals surface area (Å²) in [6.45, 7) is 2.16. The van der Waals surface area contributed by atoms with Crippen molar-refractivity contribution in [2.45, 2.75) is 38.3 Å². The second-order valence-electron chi connectivity index (χ2n) is 4.96. The molecule has 1 fully saturated rings. The Hall–Kier alpha value is -0.870. The zero-order valence-electron chi connectivity index (χ0n) is 10.8. The van der Waals surface area contributed by atoms with Crippen molar-refractivity contribution in [2.75, 3.05) is 11.5 Å². The van der Waals surface area contributed by atoms with Gasteiger partial charge in [-0.15, -0.1) is 0 Å². The van der Waals surface area contributed by atoms with Crippen LogP contribution < -0.4 is 5.32 Å². The van der Waals surface area contributed by atoms with Crippen molar-refractivity contribution in [3.8, 4) is 0 Å². The summed E-state index contributed by atoms with van der Waals surface area (Å²) in [6.07, 6.45) is 2.50. The van der Waals surface area contributed by atoms with Crippen LogP contribution in [0.1, 0.15) is 37.8 Å². The van der Waals surface area contributed by atoms with E-state index in [1.54, 1.807) is 0 Å². The van der Waals surface area contributed by atoms with Crippen molar-refractivity contribution < 1.29 is 8.42 Å². The highest BCUT2D eigenvalue weighted by atomic mass is 32.2. The van der Waals surface area contributed by atoms with E-state index in [1.807, 2.05) is 18.2 Å². The second kappa shape index (κ2) is 5.85. The van der Waals surface area contributed by atoms with Gasteiger partial charge in [-0.05, 0) is 24.8 Å². The van der Waals surface area contributed by atoms with Crippen LogP contribution in [0.5, 0.6) is 0 Å². The van der Waals surface area contributed by atoms with E-state index in [4.69, 9.17) is 0 Å². The first-order chi connectivity index (χ1) is 8.61. The first kappa shape index (κ1) is 13.6. The molecule has 0 spiro atoms. The summed E-state index contributed by atoms with van der Waals surface area (Å²) in [5, 5.41) is 3.60. The highest BCUT2D eigenvalue weighted by Crippen LogP contribution is 2.20. The molecular formula is C14H21NO2S. The third-order valence-electron chi connectivity index (χ3n) is 3.60. The van der Waals surface area contributed by atoms with E-state index >= 15 is 0 Å². The molecule has 1 N–H and O–H groups in total. The Labute approximate surface area is 110 Å². The SMILES string of the molecule is CCC(NC1CCS(=O)(=O)CC1)c1ccccc1. The Morgan fingerprint density at radius 2 is 1.83 bits per heavy atom. The number of rotatable bonds is 4. The van der Waals surface area contributed by atoms with Crippen molar-refractivity contribution in [2.24, 2.45) is 0 Å². The van der Waals surface area contributed by atoms with Gasteiger partial charge in [-0.3, -0.25) is 0 Å². The lowest BCUT2D eigenvalue weighted by Gasteiger charge is -2.28. The summed E-state index contributed by atoms with van der Waals surface area (Å²) in [6, 6.07) is 11.0. The van der Waals surface area contributed by atoms with Gasteiger partial charge < -0.3 is 5.32 Å². The van der Waals surface area contributed by atoms with Gasteiger partial charge in [0.25, 0.3) is 0 Å². The van der Waals surface area contributed by atoms with E-state index in [9.17, 15) is 8.42 Å². The fourth-order valence-electron chi connectivity index (χ4n) is 2.48. The molecule has 0 saturated carbocycles. The van der Waals surface area contributed by atoms with Crippen LogP contribution in [0.15, 0.2) is 30.3 Å². The monoisotopic (exact) mass is 267 g/mol. The van der Waals surface area contributed by atoms with Gasteiger partial charge in [0.2, 0.25) is 0 Å². The highest BCUT2D eigenvalue weighted by molar-refractivity contribution is 7.91. The molecule has 0 radical (unpaired) electrons. The molecule has 1 aliphatic heterocycles. The van der Waals surface area contributed by atoms with Crippen LogP contribution in [0.3, 0.4) is 0 Å². The van der Waals surface area contributed by atoms with Gasteiger partial charge in [-0.2, -0.15) is 0 Å². The van der Waals surface area contributed by atoms with Crippen molar-refractivity contribution in [3.05, 3.63) is 35.9 Å². The maximum atomic E-state index is 11.4. The summed E-state index contributed by atoms with van der Waals surface area (Å²) >= 11 is 0. The standard InChI is InChI=1S/C14H21NO2S/c1-2-14(12-6-4-3-5-7-12)15-13-8-10-18(16,17)11-9-13/h3-7,13-15H,2,8-11H2,1H3. The lowest BCUT2D eigenvalue weighted by Crippen LogP contribution is -2.39. The van der Waals surface area contributed by atoms with Crippen LogP contribution in [0.2, 0.25) is 0 Å². The summed E-state index contributed by atoms with van der Waals surface area (Å²) in [5.74, 6) is 0.659. The fraction of sp³-hybridized carbons (Fsp3) is 0.571. The van der Waals surface area contributed by atoms with Crippen molar-refractivity contribution >= 4 is 9.84 Å². The molecule has 1 aromatic carbocycles. The minimum Gasteiger partial charge on any atom is -0.307 e. The first-order valence-electron chi connectivity index (χ1n) is 6.62. The Kier molecular flexibility index (Phi) is 4.40. The molecule has 1 heterocycles. The molecule has 1 aliphatic rings. The molecule has 4 heteroatoms. The predicted octanol–water partition coefficient (Wildman–Crippen LogP) is 2.30. The average molecular weight is 267 g/mol. The molecule has 1 saturated heterocycles. The third kappa shape index (κ3) is 3.56. The molecule has 1 atom stereocenters. The Morgan fingerprint density at radius 3 is 2.39 bits per heavy atom. The van der Waals surface area contributed by atoms with Crippen molar-refractivity contribution in [3.63, 3.8) is 0 Å². The molecule has 0 amide bonds. The van der Waals surface area contributed by atoms with Crippen molar-refractivity contribution in [1.29, 1.82) is 0 Å². The Balaban J connectivity index is 1.96. The molecule has 1 aromatic rings. The number of sulfone groups is 1. The van der Waals surface area contributed by atoms with Crippen LogP contribution in [-0.4, -0.2) is 26.0 Å². The van der Waals surface area contributed by atoms with Gasteiger partial charge in [0, 0.05) is 12.1 Å². The summed E-state index contributed by atoms with van der Waals surface area (Å²) in [5.41, 5.74) is 1.29.